The van der Waals surface area contributed by atoms with Gasteiger partial charge in [0.15, 0.2) is 0 Å². The Hall–Kier alpha value is -1.47. The zero-order valence-electron chi connectivity index (χ0n) is 36.4. The summed E-state index contributed by atoms with van der Waals surface area (Å²) < 4.78 is 0. The van der Waals surface area contributed by atoms with E-state index in [4.69, 9.17) is 0 Å². The lowest BCUT2D eigenvalue weighted by Crippen LogP contribution is -2.53. The number of amides is 1. The third-order valence-electron chi connectivity index (χ3n) is 11.1. The summed E-state index contributed by atoms with van der Waals surface area (Å²) in [6, 6.07) is -1.00. The fourth-order valence-corrected chi connectivity index (χ4v) is 7.28. The Morgan fingerprint density at radius 3 is 1.24 bits per heavy atom. The van der Waals surface area contributed by atoms with Crippen LogP contribution in [0.1, 0.15) is 239 Å². The maximum absolute atomic E-state index is 12.5. The molecule has 6 heteroatoms. The Morgan fingerprint density at radius 1 is 0.455 bits per heavy atom. The summed E-state index contributed by atoms with van der Waals surface area (Å²) >= 11 is 0. The first-order valence-corrected chi connectivity index (χ1v) is 23.9. The largest absolute Gasteiger partial charge is 0.394 e. The maximum atomic E-state index is 12.5. The number of aliphatic hydroxyl groups is 4. The van der Waals surface area contributed by atoms with E-state index in [0.29, 0.717) is 12.8 Å². The van der Waals surface area contributed by atoms with Gasteiger partial charge >= 0.3 is 0 Å². The zero-order chi connectivity index (χ0) is 40.3. The number of rotatable bonds is 43. The fourth-order valence-electron chi connectivity index (χ4n) is 7.28. The van der Waals surface area contributed by atoms with Gasteiger partial charge in [0.1, 0.15) is 12.2 Å². The molecular formula is C49H93NO5. The molecule has 55 heavy (non-hydrogen) atoms. The van der Waals surface area contributed by atoms with Crippen molar-refractivity contribution in [3.63, 3.8) is 0 Å². The first kappa shape index (κ1) is 53.5. The lowest BCUT2D eigenvalue weighted by molar-refractivity contribution is -0.132. The third kappa shape index (κ3) is 37.8. The third-order valence-corrected chi connectivity index (χ3v) is 11.1. The quantitative estimate of drug-likeness (QED) is 0.0241. The summed E-state index contributed by atoms with van der Waals surface area (Å²) in [5.41, 5.74) is 0. The van der Waals surface area contributed by atoms with Gasteiger partial charge in [-0.1, -0.05) is 211 Å². The minimum atomic E-state index is -1.28. The van der Waals surface area contributed by atoms with Gasteiger partial charge in [-0.15, -0.1) is 0 Å². The lowest BCUT2D eigenvalue weighted by Gasteiger charge is -2.27. The highest BCUT2D eigenvalue weighted by Gasteiger charge is 2.28. The van der Waals surface area contributed by atoms with Crippen LogP contribution in [0.5, 0.6) is 0 Å². The normalized spacial score (nSPS) is 14.4. The van der Waals surface area contributed by atoms with E-state index in [2.05, 4.69) is 55.6 Å². The van der Waals surface area contributed by atoms with Gasteiger partial charge in [0.05, 0.1) is 18.8 Å². The second-order valence-corrected chi connectivity index (χ2v) is 16.5. The van der Waals surface area contributed by atoms with Crippen molar-refractivity contribution in [2.75, 3.05) is 6.61 Å². The van der Waals surface area contributed by atoms with E-state index in [1.165, 1.54) is 167 Å². The Bertz CT molecular complexity index is 873. The summed E-state index contributed by atoms with van der Waals surface area (Å²) in [4.78, 5) is 12.5. The molecule has 0 saturated heterocycles. The van der Waals surface area contributed by atoms with Crippen LogP contribution >= 0.6 is 0 Å². The number of hydrogen-bond donors (Lipinski definition) is 5. The van der Waals surface area contributed by atoms with Crippen molar-refractivity contribution in [3.8, 4) is 0 Å². The Morgan fingerprint density at radius 2 is 0.800 bits per heavy atom. The summed E-state index contributed by atoms with van der Waals surface area (Å²) in [5.74, 6) is -0.597. The summed E-state index contributed by atoms with van der Waals surface area (Å²) in [5, 5.41) is 43.8. The van der Waals surface area contributed by atoms with Crippen molar-refractivity contribution in [3.05, 3.63) is 36.5 Å². The minimum Gasteiger partial charge on any atom is -0.394 e. The highest BCUT2D eigenvalue weighted by molar-refractivity contribution is 5.80. The van der Waals surface area contributed by atoms with Crippen molar-refractivity contribution in [2.24, 2.45) is 0 Å². The zero-order valence-corrected chi connectivity index (χ0v) is 36.4. The van der Waals surface area contributed by atoms with E-state index < -0.39 is 36.9 Å². The van der Waals surface area contributed by atoms with Gasteiger partial charge < -0.3 is 25.7 Å². The molecule has 0 aliphatic heterocycles. The fraction of sp³-hybridized carbons (Fsp3) is 0.857. The molecular weight excluding hydrogens is 683 g/mol. The standard InChI is InChI=1S/C49H93NO5/c1-3-5-7-9-11-13-15-17-19-21-23-24-25-27-28-30-32-34-36-38-40-42-46(52)48(54)45(44-51)50-49(55)47(53)43-41-39-37-35-33-31-29-26-22-20-18-16-14-12-10-8-6-4-2/h12,14,16,18,34,36,45-48,51-54H,3-11,13,15,17,19-33,35,37-44H2,1-2H3,(H,50,55)/b14-12-,18-16-,36-34+. The van der Waals surface area contributed by atoms with Crippen molar-refractivity contribution < 1.29 is 25.2 Å². The highest BCUT2D eigenvalue weighted by Crippen LogP contribution is 2.16. The van der Waals surface area contributed by atoms with Gasteiger partial charge in [-0.3, -0.25) is 4.79 Å². The number of allylic oxidation sites excluding steroid dienone is 6. The number of aliphatic hydroxyl groups excluding tert-OH is 4. The SMILES string of the molecule is CCCCC/C=C\C=C/CCCCCCCCCCCC(O)C(=O)NC(CO)C(O)C(O)CCC/C=C/CCCCCCCCCCCCCCCCCC. The molecule has 5 N–H and O–H groups in total. The molecule has 4 unspecified atom stereocenters. The topological polar surface area (TPSA) is 110 Å². The average molecular weight is 776 g/mol. The Balaban J connectivity index is 3.74. The molecule has 1 amide bonds. The number of unbranched alkanes of at least 4 members (excludes halogenated alkanes) is 29. The van der Waals surface area contributed by atoms with Crippen LogP contribution < -0.4 is 5.32 Å². The van der Waals surface area contributed by atoms with Crippen LogP contribution in [0, 0.1) is 0 Å². The first-order chi connectivity index (χ1) is 27.0. The van der Waals surface area contributed by atoms with Crippen LogP contribution in [-0.4, -0.2) is 57.3 Å². The van der Waals surface area contributed by atoms with Crippen molar-refractivity contribution >= 4 is 5.91 Å². The summed E-state index contributed by atoms with van der Waals surface area (Å²) in [6.07, 6.45) is 51.8. The predicted octanol–water partition coefficient (Wildman–Crippen LogP) is 12.9. The average Bonchev–Trinajstić information content (AvgIpc) is 3.19. The highest BCUT2D eigenvalue weighted by atomic mass is 16.3. The molecule has 0 rings (SSSR count). The van der Waals surface area contributed by atoms with E-state index in [1.807, 2.05) is 0 Å². The van der Waals surface area contributed by atoms with Crippen LogP contribution in [-0.2, 0) is 4.79 Å². The second kappa shape index (κ2) is 43.6. The van der Waals surface area contributed by atoms with Gasteiger partial charge in [-0.05, 0) is 64.2 Å². The molecule has 0 bridgehead atoms. The number of carbonyl (C=O) groups excluding carboxylic acids is 1. The molecule has 4 atom stereocenters. The van der Waals surface area contributed by atoms with Crippen molar-refractivity contribution in [1.29, 1.82) is 0 Å². The molecule has 324 valence electrons. The predicted molar refractivity (Wildman–Crippen MR) is 237 cm³/mol. The van der Waals surface area contributed by atoms with Gasteiger partial charge in [0.25, 0.3) is 0 Å². The number of carbonyl (C=O) groups is 1. The summed E-state index contributed by atoms with van der Waals surface area (Å²) in [7, 11) is 0. The van der Waals surface area contributed by atoms with Crippen LogP contribution in [0.3, 0.4) is 0 Å². The van der Waals surface area contributed by atoms with Crippen LogP contribution in [0.4, 0.5) is 0 Å². The van der Waals surface area contributed by atoms with Gasteiger partial charge in [0.2, 0.25) is 5.91 Å². The van der Waals surface area contributed by atoms with E-state index in [-0.39, 0.29) is 0 Å². The first-order valence-electron chi connectivity index (χ1n) is 23.9. The summed E-state index contributed by atoms with van der Waals surface area (Å²) in [6.45, 7) is 4.02. The second-order valence-electron chi connectivity index (χ2n) is 16.5. The lowest BCUT2D eigenvalue weighted by atomic mass is 10.00. The van der Waals surface area contributed by atoms with E-state index in [9.17, 15) is 25.2 Å². The molecule has 0 fully saturated rings. The molecule has 0 saturated carbocycles. The van der Waals surface area contributed by atoms with Gasteiger partial charge in [0, 0.05) is 0 Å². The molecule has 0 spiro atoms. The van der Waals surface area contributed by atoms with Gasteiger partial charge in [-0.25, -0.2) is 0 Å². The minimum absolute atomic E-state index is 0.357. The molecule has 6 nitrogen and oxygen atoms in total. The Labute approximate surface area is 341 Å². The van der Waals surface area contributed by atoms with Crippen molar-refractivity contribution in [1.82, 2.24) is 5.32 Å². The monoisotopic (exact) mass is 776 g/mol. The van der Waals surface area contributed by atoms with E-state index in [1.54, 1.807) is 0 Å². The van der Waals surface area contributed by atoms with Crippen LogP contribution in [0.25, 0.3) is 0 Å². The number of nitrogens with one attached hydrogen (secondary N) is 1. The smallest absolute Gasteiger partial charge is 0.249 e. The molecule has 0 heterocycles. The molecule has 0 aliphatic rings. The van der Waals surface area contributed by atoms with Crippen molar-refractivity contribution in [2.45, 2.75) is 263 Å². The van der Waals surface area contributed by atoms with E-state index in [0.717, 1.165) is 44.9 Å². The van der Waals surface area contributed by atoms with E-state index >= 15 is 0 Å². The van der Waals surface area contributed by atoms with Crippen LogP contribution in [0.15, 0.2) is 36.5 Å². The molecule has 0 aromatic carbocycles. The maximum Gasteiger partial charge on any atom is 0.249 e. The number of hydrogen-bond acceptors (Lipinski definition) is 5. The molecule has 0 aliphatic carbocycles. The molecule has 0 aromatic rings. The Kier molecular flexibility index (Phi) is 42.5. The van der Waals surface area contributed by atoms with Crippen LogP contribution in [0.2, 0.25) is 0 Å². The van der Waals surface area contributed by atoms with Gasteiger partial charge in [-0.2, -0.15) is 0 Å². The molecule has 0 radical (unpaired) electrons. The molecule has 0 aromatic heterocycles.